The molecule has 1 aliphatic rings. The Hall–Kier alpha value is -2.69. The Morgan fingerprint density at radius 3 is 2.83 bits per heavy atom. The zero-order valence-corrected chi connectivity index (χ0v) is 12.7. The fourth-order valence-electron chi connectivity index (χ4n) is 3.04. The summed E-state index contributed by atoms with van der Waals surface area (Å²) < 4.78 is 1.95. The molecule has 1 saturated carbocycles. The van der Waals surface area contributed by atoms with Gasteiger partial charge < -0.3 is 5.32 Å². The van der Waals surface area contributed by atoms with E-state index in [4.69, 9.17) is 0 Å². The lowest BCUT2D eigenvalue weighted by molar-refractivity contribution is -0.122. The Morgan fingerprint density at radius 1 is 1.13 bits per heavy atom. The number of nitrogens with zero attached hydrogens (tertiary/aromatic N) is 3. The summed E-state index contributed by atoms with van der Waals surface area (Å²) in [5.41, 5.74) is 2.09. The maximum absolute atomic E-state index is 12.2. The first kappa shape index (κ1) is 13.9. The van der Waals surface area contributed by atoms with Gasteiger partial charge in [-0.1, -0.05) is 36.4 Å². The van der Waals surface area contributed by atoms with E-state index in [2.05, 4.69) is 27.6 Å². The normalized spacial score (nSPS) is 19.7. The van der Waals surface area contributed by atoms with Crippen LogP contribution in [-0.2, 0) is 11.2 Å². The van der Waals surface area contributed by atoms with Crippen LogP contribution in [0.4, 0.5) is 0 Å². The van der Waals surface area contributed by atoms with Crippen LogP contribution < -0.4 is 5.32 Å². The molecule has 116 valence electrons. The zero-order chi connectivity index (χ0) is 15.6. The second-order valence-electron chi connectivity index (χ2n) is 5.95. The second-order valence-corrected chi connectivity index (χ2v) is 5.95. The quantitative estimate of drug-likeness (QED) is 0.786. The molecule has 0 spiro atoms. The molecule has 1 N–H and O–H groups in total. The minimum absolute atomic E-state index is 0.118. The number of amides is 1. The van der Waals surface area contributed by atoms with Crippen LogP contribution in [0.15, 0.2) is 54.7 Å². The van der Waals surface area contributed by atoms with Crippen molar-refractivity contribution in [2.75, 3.05) is 6.54 Å². The second kappa shape index (κ2) is 5.83. The first-order valence-corrected chi connectivity index (χ1v) is 7.94. The van der Waals surface area contributed by atoms with Crippen molar-refractivity contribution in [1.82, 2.24) is 19.9 Å². The van der Waals surface area contributed by atoms with Crippen LogP contribution in [0.1, 0.15) is 23.7 Å². The van der Waals surface area contributed by atoms with Crippen LogP contribution >= 0.6 is 0 Å². The Balaban J connectivity index is 1.31. The Morgan fingerprint density at radius 2 is 1.96 bits per heavy atom. The minimum Gasteiger partial charge on any atom is -0.355 e. The van der Waals surface area contributed by atoms with Gasteiger partial charge in [0.2, 0.25) is 5.91 Å². The maximum Gasteiger partial charge on any atom is 0.223 e. The van der Waals surface area contributed by atoms with Gasteiger partial charge in [0, 0.05) is 25.1 Å². The molecule has 2 aromatic heterocycles. The molecule has 1 fully saturated rings. The fourth-order valence-corrected chi connectivity index (χ4v) is 3.04. The predicted octanol–water partition coefficient (Wildman–Crippen LogP) is 2.19. The van der Waals surface area contributed by atoms with Crippen LogP contribution in [0.25, 0.3) is 5.65 Å². The van der Waals surface area contributed by atoms with Crippen molar-refractivity contribution in [3.63, 3.8) is 0 Å². The number of carbonyl (C=O) groups excluding carboxylic acids is 1. The summed E-state index contributed by atoms with van der Waals surface area (Å²) >= 11 is 0. The van der Waals surface area contributed by atoms with Gasteiger partial charge in [-0.25, -0.2) is 0 Å². The van der Waals surface area contributed by atoms with Gasteiger partial charge in [-0.2, -0.15) is 0 Å². The lowest BCUT2D eigenvalue weighted by Crippen LogP contribution is -2.28. The molecule has 0 unspecified atom stereocenters. The summed E-state index contributed by atoms with van der Waals surface area (Å²) in [6, 6.07) is 16.1. The molecule has 0 bridgehead atoms. The Kier molecular flexibility index (Phi) is 3.54. The van der Waals surface area contributed by atoms with E-state index in [0.29, 0.717) is 18.9 Å². The Labute approximate surface area is 134 Å². The fraction of sp³-hybridized carbons (Fsp3) is 0.278. The van der Waals surface area contributed by atoms with Crippen molar-refractivity contribution in [1.29, 1.82) is 0 Å². The van der Waals surface area contributed by atoms with E-state index in [1.54, 1.807) is 0 Å². The van der Waals surface area contributed by atoms with Crippen LogP contribution in [0.2, 0.25) is 0 Å². The van der Waals surface area contributed by atoms with Gasteiger partial charge in [-0.15, -0.1) is 10.2 Å². The monoisotopic (exact) mass is 306 g/mol. The number of benzene rings is 1. The van der Waals surface area contributed by atoms with E-state index >= 15 is 0 Å². The first-order chi connectivity index (χ1) is 11.3. The largest absolute Gasteiger partial charge is 0.355 e. The number of nitrogens with one attached hydrogen (secondary N) is 1. The predicted molar refractivity (Wildman–Crippen MR) is 87.0 cm³/mol. The van der Waals surface area contributed by atoms with Crippen molar-refractivity contribution in [3.8, 4) is 0 Å². The van der Waals surface area contributed by atoms with E-state index < -0.39 is 0 Å². The van der Waals surface area contributed by atoms with Crippen molar-refractivity contribution < 1.29 is 4.79 Å². The molecule has 5 nitrogen and oxygen atoms in total. The molecule has 0 aliphatic heterocycles. The number of aromatic nitrogens is 3. The molecule has 1 amide bonds. The van der Waals surface area contributed by atoms with E-state index in [0.717, 1.165) is 17.9 Å². The van der Waals surface area contributed by atoms with Gasteiger partial charge in [0.05, 0.1) is 0 Å². The molecular formula is C18H18N4O. The summed E-state index contributed by atoms with van der Waals surface area (Å²) in [5.74, 6) is 1.52. The van der Waals surface area contributed by atoms with E-state index in [-0.39, 0.29) is 11.8 Å². The number of hydrogen-bond donors (Lipinski definition) is 1. The molecule has 0 radical (unpaired) electrons. The topological polar surface area (TPSA) is 59.3 Å². The van der Waals surface area contributed by atoms with Crippen LogP contribution in [-0.4, -0.2) is 27.0 Å². The van der Waals surface area contributed by atoms with E-state index in [9.17, 15) is 4.79 Å². The highest BCUT2D eigenvalue weighted by Gasteiger charge is 2.43. The summed E-state index contributed by atoms with van der Waals surface area (Å²) in [5, 5.41) is 11.3. The third-order valence-electron chi connectivity index (χ3n) is 4.39. The van der Waals surface area contributed by atoms with Gasteiger partial charge in [-0.3, -0.25) is 9.20 Å². The zero-order valence-electron chi connectivity index (χ0n) is 12.7. The number of carbonyl (C=O) groups is 1. The number of rotatable bonds is 5. The molecular weight excluding hydrogens is 288 g/mol. The SMILES string of the molecule is O=C(NCCc1nnc2ccccn12)[C@@H]1C[C@H]1c1ccccc1. The molecule has 1 aliphatic carbocycles. The van der Waals surface area contributed by atoms with E-state index in [1.165, 1.54) is 5.56 Å². The first-order valence-electron chi connectivity index (χ1n) is 7.94. The number of hydrogen-bond acceptors (Lipinski definition) is 3. The summed E-state index contributed by atoms with van der Waals surface area (Å²) in [7, 11) is 0. The van der Waals surface area contributed by atoms with E-state index in [1.807, 2.05) is 47.0 Å². The highest BCUT2D eigenvalue weighted by atomic mass is 16.2. The maximum atomic E-state index is 12.2. The lowest BCUT2D eigenvalue weighted by Gasteiger charge is -2.04. The van der Waals surface area contributed by atoms with Crippen molar-refractivity contribution >= 4 is 11.6 Å². The molecule has 4 rings (SSSR count). The highest BCUT2D eigenvalue weighted by Crippen LogP contribution is 2.47. The van der Waals surface area contributed by atoms with Crippen molar-refractivity contribution in [2.45, 2.75) is 18.8 Å². The van der Waals surface area contributed by atoms with Gasteiger partial charge in [0.1, 0.15) is 5.82 Å². The van der Waals surface area contributed by atoms with Crippen molar-refractivity contribution in [3.05, 3.63) is 66.1 Å². The molecule has 5 heteroatoms. The van der Waals surface area contributed by atoms with Crippen LogP contribution in [0, 0.1) is 5.92 Å². The van der Waals surface area contributed by atoms with Gasteiger partial charge in [-0.05, 0) is 30.0 Å². The van der Waals surface area contributed by atoms with Gasteiger partial charge in [0.25, 0.3) is 0 Å². The standard InChI is InChI=1S/C18H18N4O/c23-18(15-12-14(15)13-6-2-1-3-7-13)19-10-9-17-21-20-16-8-4-5-11-22(16)17/h1-8,11,14-15H,9-10,12H2,(H,19,23)/t14-,15+/m0/s1. The minimum atomic E-state index is 0.118. The highest BCUT2D eigenvalue weighted by molar-refractivity contribution is 5.82. The molecule has 2 atom stereocenters. The van der Waals surface area contributed by atoms with Gasteiger partial charge in [0.15, 0.2) is 5.65 Å². The number of pyridine rings is 1. The molecule has 2 heterocycles. The average molecular weight is 306 g/mol. The summed E-state index contributed by atoms with van der Waals surface area (Å²) in [4.78, 5) is 12.2. The average Bonchev–Trinajstić information content (AvgIpc) is 3.31. The third kappa shape index (κ3) is 2.82. The number of fused-ring (bicyclic) bond motifs is 1. The third-order valence-corrected chi connectivity index (χ3v) is 4.39. The summed E-state index contributed by atoms with van der Waals surface area (Å²) in [6.45, 7) is 0.590. The van der Waals surface area contributed by atoms with Crippen LogP contribution in [0.5, 0.6) is 0 Å². The smallest absolute Gasteiger partial charge is 0.223 e. The van der Waals surface area contributed by atoms with Gasteiger partial charge >= 0.3 is 0 Å². The Bertz CT molecular complexity index is 827. The molecule has 3 aromatic rings. The molecule has 1 aromatic carbocycles. The molecule has 23 heavy (non-hydrogen) atoms. The molecule has 0 saturated heterocycles. The lowest BCUT2D eigenvalue weighted by atomic mass is 10.1. The van der Waals surface area contributed by atoms with Crippen molar-refractivity contribution in [2.24, 2.45) is 5.92 Å². The van der Waals surface area contributed by atoms with Crippen LogP contribution in [0.3, 0.4) is 0 Å². The summed E-state index contributed by atoms with van der Waals surface area (Å²) in [6.07, 6.45) is 3.57.